The van der Waals surface area contributed by atoms with E-state index < -0.39 is 16.1 Å². The van der Waals surface area contributed by atoms with E-state index in [4.69, 9.17) is 4.74 Å². The first kappa shape index (κ1) is 15.9. The van der Waals surface area contributed by atoms with Gasteiger partial charge in [-0.1, -0.05) is 0 Å². The smallest absolute Gasteiger partial charge is 0.228 e. The van der Waals surface area contributed by atoms with Crippen LogP contribution in [0.15, 0.2) is 12.3 Å². The highest BCUT2D eigenvalue weighted by atomic mass is 32.2. The normalized spacial score (nSPS) is 22.8. The predicted molar refractivity (Wildman–Crippen MR) is 77.8 cm³/mol. The lowest BCUT2D eigenvalue weighted by Crippen LogP contribution is -2.33. The van der Waals surface area contributed by atoms with Crippen LogP contribution in [0, 0.1) is 5.92 Å². The zero-order valence-electron chi connectivity index (χ0n) is 12.3. The number of nitrogens with zero attached hydrogens (tertiary/aromatic N) is 4. The molecule has 0 aliphatic carbocycles. The van der Waals surface area contributed by atoms with Gasteiger partial charge in [0.2, 0.25) is 21.9 Å². The topological polar surface area (TPSA) is 95.9 Å². The second kappa shape index (κ2) is 6.12. The average molecular weight is 316 g/mol. The molecule has 0 unspecified atom stereocenters. The summed E-state index contributed by atoms with van der Waals surface area (Å²) in [6.07, 6.45) is 0.840. The number of aliphatic hydroxyl groups excluding tert-OH is 1. The van der Waals surface area contributed by atoms with Crippen molar-refractivity contribution < 1.29 is 18.3 Å². The second-order valence-electron chi connectivity index (χ2n) is 5.19. The number of anilines is 1. The van der Waals surface area contributed by atoms with Crippen LogP contribution in [0.5, 0.6) is 5.88 Å². The van der Waals surface area contributed by atoms with Gasteiger partial charge >= 0.3 is 0 Å². The maximum absolute atomic E-state index is 11.9. The van der Waals surface area contributed by atoms with Crippen molar-refractivity contribution in [3.8, 4) is 5.88 Å². The molecule has 9 heteroatoms. The number of rotatable bonds is 5. The van der Waals surface area contributed by atoms with Crippen molar-refractivity contribution in [2.75, 3.05) is 44.9 Å². The molecule has 0 saturated carbocycles. The van der Waals surface area contributed by atoms with Gasteiger partial charge in [-0.15, -0.1) is 0 Å². The van der Waals surface area contributed by atoms with Crippen LogP contribution in [0.1, 0.15) is 0 Å². The van der Waals surface area contributed by atoms with Crippen molar-refractivity contribution in [3.63, 3.8) is 0 Å². The summed E-state index contributed by atoms with van der Waals surface area (Å²) in [5.41, 5.74) is 0. The molecule has 1 aliphatic rings. The standard InChI is InChI=1S/C12H20N4O4S/c1-15(2)21(18,19)8-9-6-16(7-10(9)17)12-13-5-4-11(14-12)20-3/h4-5,9-10,17H,6-8H2,1-3H3/t9-,10+/m0/s1. The molecule has 1 aromatic rings. The van der Waals surface area contributed by atoms with Gasteiger partial charge in [0, 0.05) is 45.4 Å². The lowest BCUT2D eigenvalue weighted by Gasteiger charge is -2.18. The molecule has 0 aromatic carbocycles. The zero-order chi connectivity index (χ0) is 15.6. The molecule has 1 aromatic heterocycles. The van der Waals surface area contributed by atoms with Gasteiger partial charge in [0.1, 0.15) is 0 Å². The molecule has 118 valence electrons. The van der Waals surface area contributed by atoms with Crippen molar-refractivity contribution in [2.45, 2.75) is 6.10 Å². The predicted octanol–water partition coefficient (Wildman–Crippen LogP) is -0.826. The minimum Gasteiger partial charge on any atom is -0.481 e. The summed E-state index contributed by atoms with van der Waals surface area (Å²) in [4.78, 5) is 10.1. The number of hydrogen-bond acceptors (Lipinski definition) is 7. The van der Waals surface area contributed by atoms with Gasteiger partial charge in [0.15, 0.2) is 0 Å². The molecule has 2 atom stereocenters. The van der Waals surface area contributed by atoms with Gasteiger partial charge in [-0.3, -0.25) is 0 Å². The molecular formula is C12H20N4O4S. The van der Waals surface area contributed by atoms with E-state index in [2.05, 4.69) is 9.97 Å². The van der Waals surface area contributed by atoms with E-state index in [1.165, 1.54) is 25.5 Å². The van der Waals surface area contributed by atoms with Crippen LogP contribution in [-0.2, 0) is 10.0 Å². The van der Waals surface area contributed by atoms with Crippen LogP contribution in [0.4, 0.5) is 5.95 Å². The van der Waals surface area contributed by atoms with Crippen molar-refractivity contribution in [2.24, 2.45) is 5.92 Å². The first-order valence-corrected chi connectivity index (χ1v) is 8.14. The highest BCUT2D eigenvalue weighted by Crippen LogP contribution is 2.24. The number of aliphatic hydroxyl groups is 1. The SMILES string of the molecule is COc1ccnc(N2C[C@@H](CS(=O)(=O)N(C)C)[C@H](O)C2)n1. The fourth-order valence-corrected chi connectivity index (χ4v) is 3.37. The van der Waals surface area contributed by atoms with Crippen LogP contribution in [-0.4, -0.2) is 73.9 Å². The van der Waals surface area contributed by atoms with Crippen LogP contribution < -0.4 is 9.64 Å². The first-order valence-electron chi connectivity index (χ1n) is 6.53. The molecule has 1 fully saturated rings. The number of hydrogen-bond donors (Lipinski definition) is 1. The monoisotopic (exact) mass is 316 g/mol. The highest BCUT2D eigenvalue weighted by Gasteiger charge is 2.36. The highest BCUT2D eigenvalue weighted by molar-refractivity contribution is 7.89. The fraction of sp³-hybridized carbons (Fsp3) is 0.667. The van der Waals surface area contributed by atoms with Gasteiger partial charge < -0.3 is 14.7 Å². The number of sulfonamides is 1. The van der Waals surface area contributed by atoms with E-state index >= 15 is 0 Å². The Morgan fingerprint density at radius 3 is 2.81 bits per heavy atom. The van der Waals surface area contributed by atoms with E-state index in [-0.39, 0.29) is 11.7 Å². The Labute approximate surface area is 124 Å². The third-order valence-corrected chi connectivity index (χ3v) is 5.46. The number of ether oxygens (including phenoxy) is 1. The first-order chi connectivity index (χ1) is 9.83. The van der Waals surface area contributed by atoms with Crippen LogP contribution in [0.2, 0.25) is 0 Å². The number of methoxy groups -OCH3 is 1. The Morgan fingerprint density at radius 1 is 1.48 bits per heavy atom. The third kappa shape index (κ3) is 3.60. The Bertz CT molecular complexity index is 593. The van der Waals surface area contributed by atoms with E-state index in [1.807, 2.05) is 0 Å². The maximum atomic E-state index is 11.9. The molecule has 1 aliphatic heterocycles. The maximum Gasteiger partial charge on any atom is 0.228 e. The average Bonchev–Trinajstić information content (AvgIpc) is 2.79. The van der Waals surface area contributed by atoms with E-state index in [0.29, 0.717) is 24.9 Å². The Kier molecular flexibility index (Phi) is 4.64. The van der Waals surface area contributed by atoms with Crippen molar-refractivity contribution >= 4 is 16.0 Å². The molecule has 21 heavy (non-hydrogen) atoms. The van der Waals surface area contributed by atoms with E-state index in [9.17, 15) is 13.5 Å². The largest absolute Gasteiger partial charge is 0.481 e. The molecular weight excluding hydrogens is 296 g/mol. The van der Waals surface area contributed by atoms with Crippen molar-refractivity contribution in [1.29, 1.82) is 0 Å². The lowest BCUT2D eigenvalue weighted by molar-refractivity contribution is 0.157. The van der Waals surface area contributed by atoms with Gasteiger partial charge in [-0.25, -0.2) is 17.7 Å². The van der Waals surface area contributed by atoms with Crippen LogP contribution >= 0.6 is 0 Å². The lowest BCUT2D eigenvalue weighted by atomic mass is 10.1. The summed E-state index contributed by atoms with van der Waals surface area (Å²) < 4.78 is 30.0. The second-order valence-corrected chi connectivity index (χ2v) is 7.42. The molecule has 0 radical (unpaired) electrons. The number of aromatic nitrogens is 2. The summed E-state index contributed by atoms with van der Waals surface area (Å²) >= 11 is 0. The molecule has 0 bridgehead atoms. The van der Waals surface area contributed by atoms with Crippen LogP contribution in [0.25, 0.3) is 0 Å². The van der Waals surface area contributed by atoms with Crippen LogP contribution in [0.3, 0.4) is 0 Å². The Morgan fingerprint density at radius 2 is 2.19 bits per heavy atom. The zero-order valence-corrected chi connectivity index (χ0v) is 13.1. The van der Waals surface area contributed by atoms with Gasteiger partial charge in [0.25, 0.3) is 0 Å². The summed E-state index contributed by atoms with van der Waals surface area (Å²) in [5, 5.41) is 10.1. The minimum absolute atomic E-state index is 0.0956. The van der Waals surface area contributed by atoms with Gasteiger partial charge in [-0.2, -0.15) is 4.98 Å². The number of β-amino-alcohol motifs (C(OH)–C–C–N with tert-alkyl or cyclic N) is 1. The van der Waals surface area contributed by atoms with Crippen molar-refractivity contribution in [3.05, 3.63) is 12.3 Å². The third-order valence-electron chi connectivity index (χ3n) is 3.50. The quantitative estimate of drug-likeness (QED) is 0.757. The summed E-state index contributed by atoms with van der Waals surface area (Å²) in [5.74, 6) is 0.394. The van der Waals surface area contributed by atoms with E-state index in [1.54, 1.807) is 17.2 Å². The fourth-order valence-electron chi connectivity index (χ4n) is 2.20. The summed E-state index contributed by atoms with van der Waals surface area (Å²) in [6, 6.07) is 1.63. The molecule has 8 nitrogen and oxygen atoms in total. The minimum atomic E-state index is -3.35. The van der Waals surface area contributed by atoms with Crippen molar-refractivity contribution in [1.82, 2.24) is 14.3 Å². The van der Waals surface area contributed by atoms with Gasteiger partial charge in [0.05, 0.1) is 19.0 Å². The molecule has 0 amide bonds. The Balaban J connectivity index is 2.10. The molecule has 0 spiro atoms. The molecule has 2 heterocycles. The molecule has 1 saturated heterocycles. The van der Waals surface area contributed by atoms with E-state index in [0.717, 1.165) is 0 Å². The Hall–Kier alpha value is -1.45. The summed E-state index contributed by atoms with van der Waals surface area (Å²) in [7, 11) is 1.13. The summed E-state index contributed by atoms with van der Waals surface area (Å²) in [6.45, 7) is 0.697. The van der Waals surface area contributed by atoms with Gasteiger partial charge in [-0.05, 0) is 0 Å². The molecule has 1 N–H and O–H groups in total. The molecule has 2 rings (SSSR count).